The Morgan fingerprint density at radius 2 is 2.06 bits per heavy atom. The van der Waals surface area contributed by atoms with Crippen molar-refractivity contribution in [2.45, 2.75) is 13.0 Å². The Bertz CT molecular complexity index is 509. The van der Waals surface area contributed by atoms with Crippen LogP contribution >= 0.6 is 22.9 Å². The molecule has 16 heavy (non-hydrogen) atoms. The second-order valence-electron chi connectivity index (χ2n) is 3.58. The van der Waals surface area contributed by atoms with Crippen LogP contribution in [0.25, 0.3) is 0 Å². The van der Waals surface area contributed by atoms with Crippen molar-refractivity contribution >= 4 is 22.9 Å². The second-order valence-corrected chi connectivity index (χ2v) is 5.10. The maximum absolute atomic E-state index is 12.9. The molecule has 0 spiro atoms. The minimum Gasteiger partial charge on any atom is -0.320 e. The predicted octanol–water partition coefficient (Wildman–Crippen LogP) is 3.90. The molecule has 1 atom stereocenters. The first-order chi connectivity index (χ1) is 7.59. The lowest BCUT2D eigenvalue weighted by Gasteiger charge is -2.13. The Morgan fingerprint density at radius 3 is 2.62 bits per heavy atom. The topological polar surface area (TPSA) is 26.0 Å². The minimum absolute atomic E-state index is 0.292. The van der Waals surface area contributed by atoms with Crippen molar-refractivity contribution in [1.29, 1.82) is 0 Å². The molecule has 0 aliphatic carbocycles. The lowest BCUT2D eigenvalue weighted by atomic mass is 10.0. The van der Waals surface area contributed by atoms with Crippen molar-refractivity contribution in [3.8, 4) is 0 Å². The number of hydrogen-bond acceptors (Lipinski definition) is 2. The zero-order valence-corrected chi connectivity index (χ0v) is 10.3. The third-order valence-corrected chi connectivity index (χ3v) is 3.72. The van der Waals surface area contributed by atoms with Gasteiger partial charge in [-0.15, -0.1) is 11.3 Å². The van der Waals surface area contributed by atoms with E-state index in [0.29, 0.717) is 5.02 Å². The molecular formula is C12H11ClFNS. The quantitative estimate of drug-likeness (QED) is 0.866. The van der Waals surface area contributed by atoms with Gasteiger partial charge in [0.1, 0.15) is 5.82 Å². The summed E-state index contributed by atoms with van der Waals surface area (Å²) in [7, 11) is 0. The van der Waals surface area contributed by atoms with Gasteiger partial charge in [0.05, 0.1) is 6.04 Å². The molecule has 0 aliphatic heterocycles. The molecule has 2 aromatic rings. The molecule has 4 heteroatoms. The molecule has 0 radical (unpaired) electrons. The summed E-state index contributed by atoms with van der Waals surface area (Å²) < 4.78 is 12.9. The average molecular weight is 256 g/mol. The summed E-state index contributed by atoms with van der Waals surface area (Å²) in [4.78, 5) is 1.16. The molecular weight excluding hydrogens is 245 g/mol. The fourth-order valence-corrected chi connectivity index (χ4v) is 2.67. The van der Waals surface area contributed by atoms with Gasteiger partial charge in [0.15, 0.2) is 0 Å². The van der Waals surface area contributed by atoms with Crippen LogP contribution in [-0.2, 0) is 0 Å². The van der Waals surface area contributed by atoms with E-state index in [-0.39, 0.29) is 11.9 Å². The van der Waals surface area contributed by atoms with E-state index >= 15 is 0 Å². The highest BCUT2D eigenvalue weighted by molar-refractivity contribution is 7.10. The van der Waals surface area contributed by atoms with Crippen molar-refractivity contribution in [2.75, 3.05) is 0 Å². The largest absolute Gasteiger partial charge is 0.320 e. The number of hydrogen-bond donors (Lipinski definition) is 1. The van der Waals surface area contributed by atoms with Gasteiger partial charge in [-0.1, -0.05) is 17.7 Å². The molecule has 2 rings (SSSR count). The van der Waals surface area contributed by atoms with Gasteiger partial charge in [0.2, 0.25) is 0 Å². The van der Waals surface area contributed by atoms with Gasteiger partial charge >= 0.3 is 0 Å². The molecule has 2 N–H and O–H groups in total. The average Bonchev–Trinajstić information content (AvgIpc) is 2.63. The number of benzene rings is 1. The van der Waals surface area contributed by atoms with Gasteiger partial charge < -0.3 is 5.73 Å². The molecule has 0 amide bonds. The standard InChI is InChI=1S/C12H11ClFNS/c1-7-9(4-5-16-7)12(15)10-3-2-8(14)6-11(10)13/h2-6,12H,15H2,1H3. The number of thiophene rings is 1. The Labute approximate surface area is 103 Å². The molecule has 1 aromatic carbocycles. The van der Waals surface area contributed by atoms with Gasteiger partial charge in [0.25, 0.3) is 0 Å². The van der Waals surface area contributed by atoms with E-state index in [2.05, 4.69) is 0 Å². The first-order valence-corrected chi connectivity index (χ1v) is 6.10. The summed E-state index contributed by atoms with van der Waals surface area (Å²) in [5, 5.41) is 2.36. The monoisotopic (exact) mass is 255 g/mol. The Balaban J connectivity index is 2.41. The SMILES string of the molecule is Cc1sccc1C(N)c1ccc(F)cc1Cl. The van der Waals surface area contributed by atoms with Crippen LogP contribution in [0.4, 0.5) is 4.39 Å². The highest BCUT2D eigenvalue weighted by atomic mass is 35.5. The molecule has 0 aliphatic rings. The van der Waals surface area contributed by atoms with Gasteiger partial charge in [-0.25, -0.2) is 4.39 Å². The third kappa shape index (κ3) is 2.12. The number of aryl methyl sites for hydroxylation is 1. The number of rotatable bonds is 2. The van der Waals surface area contributed by atoms with Crippen LogP contribution in [0.2, 0.25) is 5.02 Å². The molecule has 1 heterocycles. The van der Waals surface area contributed by atoms with Crippen LogP contribution in [0.3, 0.4) is 0 Å². The van der Waals surface area contributed by atoms with Crippen LogP contribution < -0.4 is 5.73 Å². The van der Waals surface area contributed by atoms with Crippen LogP contribution in [0.15, 0.2) is 29.6 Å². The zero-order chi connectivity index (χ0) is 11.7. The van der Waals surface area contributed by atoms with E-state index in [1.807, 2.05) is 18.4 Å². The van der Waals surface area contributed by atoms with Gasteiger partial charge in [-0.3, -0.25) is 0 Å². The predicted molar refractivity (Wildman–Crippen MR) is 66.5 cm³/mol. The van der Waals surface area contributed by atoms with Gasteiger partial charge in [-0.05, 0) is 41.6 Å². The summed E-state index contributed by atoms with van der Waals surface area (Å²) in [6, 6.07) is 5.99. The summed E-state index contributed by atoms with van der Waals surface area (Å²) in [5.74, 6) is -0.344. The van der Waals surface area contributed by atoms with Gasteiger partial charge in [0, 0.05) is 9.90 Å². The molecule has 1 nitrogen and oxygen atoms in total. The lowest BCUT2D eigenvalue weighted by molar-refractivity contribution is 0.626. The number of nitrogens with two attached hydrogens (primary N) is 1. The summed E-state index contributed by atoms with van der Waals surface area (Å²) in [5.41, 5.74) is 7.91. The van der Waals surface area contributed by atoms with E-state index in [4.69, 9.17) is 17.3 Å². The van der Waals surface area contributed by atoms with Crippen LogP contribution in [0.5, 0.6) is 0 Å². The van der Waals surface area contributed by atoms with Gasteiger partial charge in [-0.2, -0.15) is 0 Å². The molecule has 0 saturated carbocycles. The Hall–Kier alpha value is -0.900. The first kappa shape index (κ1) is 11.6. The van der Waals surface area contributed by atoms with Crippen molar-refractivity contribution in [1.82, 2.24) is 0 Å². The zero-order valence-electron chi connectivity index (χ0n) is 8.71. The molecule has 1 aromatic heterocycles. The first-order valence-electron chi connectivity index (χ1n) is 4.84. The van der Waals surface area contributed by atoms with E-state index in [1.54, 1.807) is 17.4 Å². The highest BCUT2D eigenvalue weighted by Gasteiger charge is 2.15. The summed E-state index contributed by atoms with van der Waals surface area (Å²) in [6.45, 7) is 2.01. The normalized spacial score (nSPS) is 12.8. The van der Waals surface area contributed by atoms with Crippen LogP contribution in [0.1, 0.15) is 22.0 Å². The molecule has 1 unspecified atom stereocenters. The molecule has 0 fully saturated rings. The molecule has 84 valence electrons. The summed E-state index contributed by atoms with van der Waals surface area (Å²) in [6.07, 6.45) is 0. The maximum atomic E-state index is 12.9. The Kier molecular flexibility index (Phi) is 3.28. The van der Waals surface area contributed by atoms with Crippen LogP contribution in [0, 0.1) is 12.7 Å². The van der Waals surface area contributed by atoms with Crippen molar-refractivity contribution < 1.29 is 4.39 Å². The van der Waals surface area contributed by atoms with Crippen molar-refractivity contribution in [3.63, 3.8) is 0 Å². The fraction of sp³-hybridized carbons (Fsp3) is 0.167. The smallest absolute Gasteiger partial charge is 0.124 e. The number of halogens is 2. The van der Waals surface area contributed by atoms with Crippen molar-refractivity contribution in [2.24, 2.45) is 5.73 Å². The van der Waals surface area contributed by atoms with E-state index in [9.17, 15) is 4.39 Å². The van der Waals surface area contributed by atoms with Crippen molar-refractivity contribution in [3.05, 3.63) is 56.5 Å². The van der Waals surface area contributed by atoms with Crippen LogP contribution in [-0.4, -0.2) is 0 Å². The van der Waals surface area contributed by atoms with E-state index in [0.717, 1.165) is 16.0 Å². The molecule has 0 saturated heterocycles. The highest BCUT2D eigenvalue weighted by Crippen LogP contribution is 2.30. The fourth-order valence-electron chi connectivity index (χ4n) is 1.64. The summed E-state index contributed by atoms with van der Waals surface area (Å²) >= 11 is 7.62. The third-order valence-electron chi connectivity index (χ3n) is 2.53. The minimum atomic E-state index is -0.344. The second kappa shape index (κ2) is 4.53. The molecule has 0 bridgehead atoms. The van der Waals surface area contributed by atoms with E-state index in [1.165, 1.54) is 12.1 Å². The van der Waals surface area contributed by atoms with E-state index < -0.39 is 0 Å². The maximum Gasteiger partial charge on any atom is 0.124 e. The lowest BCUT2D eigenvalue weighted by Crippen LogP contribution is -2.12. The Morgan fingerprint density at radius 1 is 1.31 bits per heavy atom.